The molecule has 9 aromatic rings. The van der Waals surface area contributed by atoms with Crippen molar-refractivity contribution >= 4 is 53.3 Å². The summed E-state index contributed by atoms with van der Waals surface area (Å²) in [4.78, 5) is 24.4. The van der Waals surface area contributed by atoms with Gasteiger partial charge < -0.3 is 0 Å². The molecule has 0 saturated heterocycles. The molecule has 0 aliphatic heterocycles. The Morgan fingerprint density at radius 3 is 2.07 bits per heavy atom. The molecule has 5 aromatic carbocycles. The van der Waals surface area contributed by atoms with Crippen molar-refractivity contribution in [3.05, 3.63) is 140 Å². The summed E-state index contributed by atoms with van der Waals surface area (Å²) in [5.41, 5.74) is 6.65. The Kier molecular flexibility index (Phi) is 5.92. The highest BCUT2D eigenvalue weighted by Gasteiger charge is 2.15. The second kappa shape index (κ2) is 10.4. The Labute approximate surface area is 262 Å². The van der Waals surface area contributed by atoms with Crippen molar-refractivity contribution in [3.8, 4) is 45.4 Å². The number of thiophene rings is 1. The van der Waals surface area contributed by atoms with E-state index in [0.717, 1.165) is 44.1 Å². The summed E-state index contributed by atoms with van der Waals surface area (Å²) in [6.45, 7) is 0. The van der Waals surface area contributed by atoms with Crippen molar-refractivity contribution < 1.29 is 0 Å². The molecule has 0 aliphatic rings. The number of aromatic nitrogens is 5. The quantitative estimate of drug-likeness (QED) is 0.203. The summed E-state index contributed by atoms with van der Waals surface area (Å²) in [6.07, 6.45) is 1.82. The standard InChI is InChI=1S/C39H23N5S/c1-2-7-25(8-3-1)37-42-38(29-14-17-31-30-10-4-5-11-35(30)45-36(31)23-29)44-39(43-37)33-19-15-24-12-13-27(22-34(24)41-33)26-16-18-32-28(21-26)9-6-20-40-32/h1-23H. The van der Waals surface area contributed by atoms with Crippen molar-refractivity contribution in [1.29, 1.82) is 0 Å². The van der Waals surface area contributed by atoms with Gasteiger partial charge in [-0.15, -0.1) is 11.3 Å². The lowest BCUT2D eigenvalue weighted by atomic mass is 10.0. The first-order valence-electron chi connectivity index (χ1n) is 14.7. The van der Waals surface area contributed by atoms with Gasteiger partial charge in [-0.3, -0.25) is 4.98 Å². The SMILES string of the molecule is c1ccc(-c2nc(-c3ccc4c(c3)sc3ccccc34)nc(-c3ccc4ccc(-c5ccc6ncccc6c5)cc4n3)n2)cc1. The maximum absolute atomic E-state index is 5.08. The third-order valence-electron chi connectivity index (χ3n) is 8.16. The molecule has 9 rings (SSSR count). The minimum atomic E-state index is 0.541. The number of hydrogen-bond donors (Lipinski definition) is 0. The Hall–Kier alpha value is -5.85. The largest absolute Gasteiger partial charge is 0.256 e. The predicted octanol–water partition coefficient (Wildman–Crippen LogP) is 10.0. The first-order valence-corrected chi connectivity index (χ1v) is 15.6. The summed E-state index contributed by atoms with van der Waals surface area (Å²) in [7, 11) is 0. The van der Waals surface area contributed by atoms with Crippen molar-refractivity contribution in [3.63, 3.8) is 0 Å². The number of rotatable bonds is 4. The number of nitrogens with zero attached hydrogens (tertiary/aromatic N) is 5. The number of pyridine rings is 2. The van der Waals surface area contributed by atoms with Crippen LogP contribution in [0, 0.1) is 0 Å². The van der Waals surface area contributed by atoms with E-state index in [9.17, 15) is 0 Å². The zero-order valence-corrected chi connectivity index (χ0v) is 24.7. The van der Waals surface area contributed by atoms with Crippen LogP contribution in [0.4, 0.5) is 0 Å². The van der Waals surface area contributed by atoms with E-state index in [0.29, 0.717) is 23.2 Å². The summed E-state index contributed by atoms with van der Waals surface area (Å²) >= 11 is 1.79. The van der Waals surface area contributed by atoms with E-state index in [1.807, 2.05) is 48.7 Å². The van der Waals surface area contributed by atoms with E-state index in [4.69, 9.17) is 19.9 Å². The topological polar surface area (TPSA) is 64.5 Å². The van der Waals surface area contributed by atoms with Crippen LogP contribution in [0.15, 0.2) is 140 Å². The van der Waals surface area contributed by atoms with Gasteiger partial charge in [-0.05, 0) is 53.6 Å². The highest BCUT2D eigenvalue weighted by Crippen LogP contribution is 2.36. The molecule has 0 radical (unpaired) electrons. The number of hydrogen-bond acceptors (Lipinski definition) is 6. The molecule has 0 bridgehead atoms. The molecular formula is C39H23N5S. The average molecular weight is 594 g/mol. The molecule has 0 saturated carbocycles. The van der Waals surface area contributed by atoms with Gasteiger partial charge >= 0.3 is 0 Å². The van der Waals surface area contributed by atoms with E-state index in [-0.39, 0.29) is 0 Å². The van der Waals surface area contributed by atoms with Gasteiger partial charge in [0.25, 0.3) is 0 Å². The van der Waals surface area contributed by atoms with Gasteiger partial charge in [0.1, 0.15) is 5.69 Å². The van der Waals surface area contributed by atoms with Crippen LogP contribution in [-0.2, 0) is 0 Å². The normalized spacial score (nSPS) is 11.6. The molecule has 5 nitrogen and oxygen atoms in total. The van der Waals surface area contributed by atoms with Crippen LogP contribution < -0.4 is 0 Å². The van der Waals surface area contributed by atoms with Gasteiger partial charge in [-0.2, -0.15) is 0 Å². The minimum Gasteiger partial charge on any atom is -0.256 e. The molecule has 4 heterocycles. The zero-order valence-electron chi connectivity index (χ0n) is 23.9. The van der Waals surface area contributed by atoms with Crippen molar-refractivity contribution in [2.75, 3.05) is 0 Å². The van der Waals surface area contributed by atoms with E-state index >= 15 is 0 Å². The van der Waals surface area contributed by atoms with Gasteiger partial charge in [0.2, 0.25) is 0 Å². The molecule has 0 fully saturated rings. The van der Waals surface area contributed by atoms with Crippen LogP contribution in [0.25, 0.3) is 87.4 Å². The minimum absolute atomic E-state index is 0.541. The van der Waals surface area contributed by atoms with Crippen LogP contribution in [0.1, 0.15) is 0 Å². The fourth-order valence-corrected chi connectivity index (χ4v) is 7.02. The number of fused-ring (bicyclic) bond motifs is 5. The second-order valence-electron chi connectivity index (χ2n) is 11.0. The van der Waals surface area contributed by atoms with Crippen LogP contribution >= 0.6 is 11.3 Å². The summed E-state index contributed by atoms with van der Waals surface area (Å²) in [6, 6.07) is 45.9. The molecule has 4 aromatic heterocycles. The summed E-state index contributed by atoms with van der Waals surface area (Å²) in [5, 5.41) is 4.67. The maximum Gasteiger partial charge on any atom is 0.182 e. The monoisotopic (exact) mass is 593 g/mol. The van der Waals surface area contributed by atoms with Gasteiger partial charge in [-0.1, -0.05) is 91.0 Å². The fraction of sp³-hybridized carbons (Fsp3) is 0. The van der Waals surface area contributed by atoms with Gasteiger partial charge in [0.05, 0.1) is 11.0 Å². The van der Waals surface area contributed by atoms with Gasteiger partial charge in [0, 0.05) is 48.3 Å². The molecule has 0 aliphatic carbocycles. The molecule has 0 spiro atoms. The lowest BCUT2D eigenvalue weighted by Crippen LogP contribution is -2.01. The van der Waals surface area contributed by atoms with Gasteiger partial charge in [0.15, 0.2) is 17.5 Å². The third kappa shape index (κ3) is 4.60. The van der Waals surface area contributed by atoms with Crippen LogP contribution in [0.5, 0.6) is 0 Å². The van der Waals surface area contributed by atoms with Crippen LogP contribution in [0.2, 0.25) is 0 Å². The zero-order chi connectivity index (χ0) is 29.7. The predicted molar refractivity (Wildman–Crippen MR) is 185 cm³/mol. The lowest BCUT2D eigenvalue weighted by molar-refractivity contribution is 1.06. The summed E-state index contributed by atoms with van der Waals surface area (Å²) < 4.78 is 2.48. The van der Waals surface area contributed by atoms with Crippen molar-refractivity contribution in [2.24, 2.45) is 0 Å². The first-order chi connectivity index (χ1) is 22.2. The van der Waals surface area contributed by atoms with Crippen LogP contribution in [0.3, 0.4) is 0 Å². The van der Waals surface area contributed by atoms with Gasteiger partial charge in [-0.25, -0.2) is 19.9 Å². The third-order valence-corrected chi connectivity index (χ3v) is 9.30. The van der Waals surface area contributed by atoms with E-state index in [1.54, 1.807) is 11.3 Å². The van der Waals surface area contributed by atoms with E-state index in [1.165, 1.54) is 20.2 Å². The molecular weight excluding hydrogens is 571 g/mol. The maximum atomic E-state index is 5.08. The molecule has 210 valence electrons. The fourth-order valence-electron chi connectivity index (χ4n) is 5.88. The Morgan fingerprint density at radius 2 is 1.13 bits per heavy atom. The smallest absolute Gasteiger partial charge is 0.182 e. The van der Waals surface area contributed by atoms with Crippen LogP contribution in [-0.4, -0.2) is 24.9 Å². The molecule has 6 heteroatoms. The second-order valence-corrected chi connectivity index (χ2v) is 12.1. The Bertz CT molecular complexity index is 2560. The van der Waals surface area contributed by atoms with E-state index < -0.39 is 0 Å². The molecule has 0 unspecified atom stereocenters. The Balaban J connectivity index is 1.18. The highest BCUT2D eigenvalue weighted by atomic mass is 32.1. The van der Waals surface area contributed by atoms with Crippen molar-refractivity contribution in [2.45, 2.75) is 0 Å². The molecule has 45 heavy (non-hydrogen) atoms. The molecule has 0 N–H and O–H groups in total. The lowest BCUT2D eigenvalue weighted by Gasteiger charge is -2.09. The number of benzene rings is 5. The highest BCUT2D eigenvalue weighted by molar-refractivity contribution is 7.25. The molecule has 0 amide bonds. The van der Waals surface area contributed by atoms with Crippen molar-refractivity contribution in [1.82, 2.24) is 24.9 Å². The Morgan fingerprint density at radius 1 is 0.400 bits per heavy atom. The first kappa shape index (κ1) is 25.6. The average Bonchev–Trinajstić information content (AvgIpc) is 3.49. The van der Waals surface area contributed by atoms with E-state index in [2.05, 4.69) is 96.0 Å². The molecule has 0 atom stereocenters. The summed E-state index contributed by atoms with van der Waals surface area (Å²) in [5.74, 6) is 1.78.